The molecule has 2 heterocycles. The highest BCUT2D eigenvalue weighted by Gasteiger charge is 2.46. The zero-order valence-corrected chi connectivity index (χ0v) is 38.6. The van der Waals surface area contributed by atoms with Gasteiger partial charge >= 0.3 is 6.18 Å². The van der Waals surface area contributed by atoms with E-state index in [1.807, 2.05) is 55.5 Å². The van der Waals surface area contributed by atoms with E-state index in [1.54, 1.807) is 49.4 Å². The van der Waals surface area contributed by atoms with Crippen molar-refractivity contribution in [2.75, 3.05) is 22.6 Å². The van der Waals surface area contributed by atoms with E-state index in [9.17, 15) is 41.9 Å². The number of carbonyl (C=O) groups is 6. The van der Waals surface area contributed by atoms with Crippen molar-refractivity contribution in [3.63, 3.8) is 0 Å². The van der Waals surface area contributed by atoms with Crippen LogP contribution in [0.25, 0.3) is 22.3 Å². The number of imide groups is 2. The van der Waals surface area contributed by atoms with Crippen LogP contribution in [0.1, 0.15) is 101 Å². The standard InChI is InChI=1S/C59H39F3N4O6/c1-32-12-24-41(33(2)28-32)44-27-23-40(31-51(44)59(60,61)62)66-56(71)46-26-14-35(30-48(46)57(66)72)53(68)64-39-21-17-37(18-22-39)58(49-10-6-4-8-42(49)43-9-5-7-11-50(43)58)36-15-19-38(20-16-36)63-52(67)34-13-25-45-47(29-34)55(70)65(3)54(45)69/h4-31H,1-3H3,(H,63,67)(H,64,68). The summed E-state index contributed by atoms with van der Waals surface area (Å²) in [6.07, 6.45) is -4.80. The van der Waals surface area contributed by atoms with Crippen molar-refractivity contribution in [2.45, 2.75) is 25.4 Å². The number of anilines is 3. The number of fused-ring (bicyclic) bond motifs is 5. The number of amides is 6. The van der Waals surface area contributed by atoms with Crippen LogP contribution in [0, 0.1) is 13.8 Å². The Kier molecular flexibility index (Phi) is 10.5. The van der Waals surface area contributed by atoms with Gasteiger partial charge in [0.05, 0.1) is 38.9 Å². The lowest BCUT2D eigenvalue weighted by Gasteiger charge is -2.34. The minimum absolute atomic E-state index is 0.0468. The first-order valence-corrected chi connectivity index (χ1v) is 22.9. The van der Waals surface area contributed by atoms with Gasteiger partial charge < -0.3 is 10.6 Å². The Balaban J connectivity index is 0.867. The molecule has 8 aromatic carbocycles. The summed E-state index contributed by atoms with van der Waals surface area (Å²) in [4.78, 5) is 81.6. The summed E-state index contributed by atoms with van der Waals surface area (Å²) >= 11 is 0. The van der Waals surface area contributed by atoms with Crippen LogP contribution in [0.5, 0.6) is 0 Å². The molecule has 0 spiro atoms. The van der Waals surface area contributed by atoms with Crippen LogP contribution in [0.4, 0.5) is 30.2 Å². The number of benzene rings is 8. The molecule has 11 rings (SSSR count). The third kappa shape index (κ3) is 7.11. The van der Waals surface area contributed by atoms with Gasteiger partial charge in [0.2, 0.25) is 0 Å². The number of aryl methyl sites for hydroxylation is 2. The summed E-state index contributed by atoms with van der Waals surface area (Å²) in [6.45, 7) is 3.56. The molecule has 2 aliphatic heterocycles. The highest BCUT2D eigenvalue weighted by Crippen LogP contribution is 2.56. The van der Waals surface area contributed by atoms with Crippen LogP contribution in [-0.4, -0.2) is 47.4 Å². The molecule has 0 saturated carbocycles. The fourth-order valence-corrected chi connectivity index (χ4v) is 10.4. The lowest BCUT2D eigenvalue weighted by atomic mass is 9.67. The van der Waals surface area contributed by atoms with E-state index < -0.39 is 52.6 Å². The zero-order chi connectivity index (χ0) is 50.4. The van der Waals surface area contributed by atoms with Crippen molar-refractivity contribution in [3.05, 3.63) is 242 Å². The molecule has 2 N–H and O–H groups in total. The molecule has 6 amide bonds. The van der Waals surface area contributed by atoms with Gasteiger partial charge in [-0.3, -0.25) is 33.7 Å². The first-order chi connectivity index (χ1) is 34.5. The lowest BCUT2D eigenvalue weighted by molar-refractivity contribution is -0.137. The van der Waals surface area contributed by atoms with E-state index in [1.165, 1.54) is 55.6 Å². The molecule has 8 aromatic rings. The van der Waals surface area contributed by atoms with Crippen molar-refractivity contribution >= 4 is 52.5 Å². The van der Waals surface area contributed by atoms with Crippen LogP contribution in [-0.2, 0) is 11.6 Å². The van der Waals surface area contributed by atoms with Gasteiger partial charge in [0, 0.05) is 29.5 Å². The molecule has 0 radical (unpaired) electrons. The molecule has 3 aliphatic rings. The Morgan fingerprint density at radius 2 is 0.931 bits per heavy atom. The van der Waals surface area contributed by atoms with Crippen LogP contribution in [0.3, 0.4) is 0 Å². The van der Waals surface area contributed by atoms with Gasteiger partial charge in [0.15, 0.2) is 0 Å². The molecule has 0 bridgehead atoms. The van der Waals surface area contributed by atoms with Crippen molar-refractivity contribution in [3.8, 4) is 22.3 Å². The average molecular weight is 957 g/mol. The predicted octanol–water partition coefficient (Wildman–Crippen LogP) is 11.9. The van der Waals surface area contributed by atoms with E-state index in [-0.39, 0.29) is 44.6 Å². The van der Waals surface area contributed by atoms with Crippen LogP contribution in [0.15, 0.2) is 170 Å². The number of carbonyl (C=O) groups excluding carboxylic acids is 6. The number of alkyl halides is 3. The quantitative estimate of drug-likeness (QED) is 0.146. The van der Waals surface area contributed by atoms with E-state index in [2.05, 4.69) is 34.9 Å². The minimum Gasteiger partial charge on any atom is -0.322 e. The van der Waals surface area contributed by atoms with E-state index >= 15 is 0 Å². The highest BCUT2D eigenvalue weighted by atomic mass is 19.4. The summed E-state index contributed by atoms with van der Waals surface area (Å²) in [7, 11) is 1.40. The number of nitrogens with one attached hydrogen (secondary N) is 2. The molecule has 10 nitrogen and oxygen atoms in total. The molecule has 0 atom stereocenters. The molecule has 0 saturated heterocycles. The normalized spacial score (nSPS) is 14.2. The number of halogens is 3. The zero-order valence-electron chi connectivity index (χ0n) is 38.6. The topological polar surface area (TPSA) is 133 Å². The maximum absolute atomic E-state index is 14.6. The third-order valence-corrected chi connectivity index (χ3v) is 13.8. The lowest BCUT2D eigenvalue weighted by Crippen LogP contribution is -2.29. The maximum Gasteiger partial charge on any atom is 0.417 e. The van der Waals surface area contributed by atoms with E-state index in [0.29, 0.717) is 27.4 Å². The van der Waals surface area contributed by atoms with Crippen LogP contribution in [0.2, 0.25) is 0 Å². The molecule has 0 aromatic heterocycles. The second kappa shape index (κ2) is 16.7. The van der Waals surface area contributed by atoms with Crippen molar-refractivity contribution < 1.29 is 41.9 Å². The van der Waals surface area contributed by atoms with Gasteiger partial charge in [0.1, 0.15) is 0 Å². The SMILES string of the molecule is Cc1ccc(-c2ccc(N3C(=O)c4ccc(C(=O)Nc5ccc(C6(c7ccc(NC(=O)c8ccc9c(c8)C(=O)N(C)C9=O)cc7)c7ccccc7-c7ccccc76)cc5)cc4C3=O)cc2C(F)(F)F)c(C)c1. The first kappa shape index (κ1) is 45.2. The smallest absolute Gasteiger partial charge is 0.322 e. The Bertz CT molecular complexity index is 3650. The Labute approximate surface area is 410 Å². The minimum atomic E-state index is -4.80. The van der Waals surface area contributed by atoms with Gasteiger partial charge in [-0.05, 0) is 137 Å². The molecular formula is C59H39F3N4O6. The molecule has 1 aliphatic carbocycles. The summed E-state index contributed by atoms with van der Waals surface area (Å²) in [5.74, 6) is -3.60. The Morgan fingerprint density at radius 3 is 1.46 bits per heavy atom. The highest BCUT2D eigenvalue weighted by molar-refractivity contribution is 6.35. The molecule has 0 unspecified atom stereocenters. The third-order valence-electron chi connectivity index (χ3n) is 13.8. The van der Waals surface area contributed by atoms with Gasteiger partial charge in [-0.2, -0.15) is 13.2 Å². The second-order valence-corrected chi connectivity index (χ2v) is 18.1. The summed E-state index contributed by atoms with van der Waals surface area (Å²) < 4.78 is 43.8. The summed E-state index contributed by atoms with van der Waals surface area (Å²) in [6, 6.07) is 48.0. The van der Waals surface area contributed by atoms with Gasteiger partial charge in [-0.25, -0.2) is 4.90 Å². The van der Waals surface area contributed by atoms with Crippen molar-refractivity contribution in [1.29, 1.82) is 0 Å². The molecule has 13 heteroatoms. The number of rotatable bonds is 8. The van der Waals surface area contributed by atoms with Crippen molar-refractivity contribution in [1.82, 2.24) is 4.90 Å². The predicted molar refractivity (Wildman–Crippen MR) is 266 cm³/mol. The van der Waals surface area contributed by atoms with Gasteiger partial charge in [0.25, 0.3) is 35.4 Å². The average Bonchev–Trinajstić information content (AvgIpc) is 3.91. The number of hydrogen-bond acceptors (Lipinski definition) is 6. The molecular weight excluding hydrogens is 918 g/mol. The Morgan fingerprint density at radius 1 is 0.472 bits per heavy atom. The van der Waals surface area contributed by atoms with E-state index in [4.69, 9.17) is 0 Å². The summed E-state index contributed by atoms with van der Waals surface area (Å²) in [5.41, 5.74) is 7.03. The number of nitrogens with zero attached hydrogens (tertiary/aromatic N) is 2. The first-order valence-electron chi connectivity index (χ1n) is 22.9. The Hall–Kier alpha value is -9.23. The fraction of sp³-hybridized carbons (Fsp3) is 0.0847. The molecule has 0 fully saturated rings. The van der Waals surface area contributed by atoms with Crippen LogP contribution >= 0.6 is 0 Å². The van der Waals surface area contributed by atoms with E-state index in [0.717, 1.165) is 49.9 Å². The molecule has 352 valence electrons. The summed E-state index contributed by atoms with van der Waals surface area (Å²) in [5, 5.41) is 5.80. The second-order valence-electron chi connectivity index (χ2n) is 18.1. The molecule has 72 heavy (non-hydrogen) atoms. The van der Waals surface area contributed by atoms with Gasteiger partial charge in [-0.1, -0.05) is 103 Å². The monoisotopic (exact) mass is 956 g/mol. The van der Waals surface area contributed by atoms with Crippen molar-refractivity contribution in [2.24, 2.45) is 0 Å². The number of hydrogen-bond donors (Lipinski definition) is 2. The fourth-order valence-electron chi connectivity index (χ4n) is 10.4. The van der Waals surface area contributed by atoms with Gasteiger partial charge in [-0.15, -0.1) is 0 Å². The largest absolute Gasteiger partial charge is 0.417 e. The maximum atomic E-state index is 14.6. The van der Waals surface area contributed by atoms with Crippen LogP contribution < -0.4 is 15.5 Å².